The summed E-state index contributed by atoms with van der Waals surface area (Å²) in [7, 11) is -3.88. The molecule has 0 spiro atoms. The van der Waals surface area contributed by atoms with E-state index < -0.39 is 15.9 Å². The van der Waals surface area contributed by atoms with Gasteiger partial charge in [-0.1, -0.05) is 56.3 Å². The van der Waals surface area contributed by atoms with Gasteiger partial charge in [-0.15, -0.1) is 15.0 Å². The Hall–Kier alpha value is -3.11. The van der Waals surface area contributed by atoms with Crippen molar-refractivity contribution in [3.63, 3.8) is 0 Å². The summed E-state index contributed by atoms with van der Waals surface area (Å²) in [6.07, 6.45) is 0.961. The van der Waals surface area contributed by atoms with E-state index in [4.69, 9.17) is 0 Å². The molecule has 0 unspecified atom stereocenters. The number of tetrazole rings is 1. The standard InChI is InChI=1S/C19H22N6O3S/c1-3-14(2)15-9-11-17(12-10-15)29(27,28)24-20-18(26)13-25-22-19(21-23-25)16-7-5-4-6-8-16/h4-12,14,24H,3,13H2,1-2H3,(H,20,26)/t14-/m1/s1. The highest BCUT2D eigenvalue weighted by Gasteiger charge is 2.16. The van der Waals surface area contributed by atoms with Gasteiger partial charge in [0.2, 0.25) is 5.82 Å². The van der Waals surface area contributed by atoms with Gasteiger partial charge in [-0.05, 0) is 35.2 Å². The van der Waals surface area contributed by atoms with Crippen molar-refractivity contribution in [2.45, 2.75) is 37.6 Å². The molecule has 1 atom stereocenters. The van der Waals surface area contributed by atoms with Gasteiger partial charge in [0.25, 0.3) is 15.9 Å². The second-order valence-corrected chi connectivity index (χ2v) is 8.22. The summed E-state index contributed by atoms with van der Waals surface area (Å²) in [5, 5.41) is 11.8. The predicted molar refractivity (Wildman–Crippen MR) is 107 cm³/mol. The Labute approximate surface area is 169 Å². The summed E-state index contributed by atoms with van der Waals surface area (Å²) in [5.41, 5.74) is 3.98. The highest BCUT2D eigenvalue weighted by atomic mass is 32.2. The fourth-order valence-corrected chi connectivity index (χ4v) is 3.44. The van der Waals surface area contributed by atoms with Crippen LogP contribution in [0, 0.1) is 0 Å². The Bertz CT molecular complexity index is 1060. The zero-order valence-electron chi connectivity index (χ0n) is 16.1. The van der Waals surface area contributed by atoms with Crippen molar-refractivity contribution in [3.05, 3.63) is 60.2 Å². The molecule has 0 aliphatic rings. The van der Waals surface area contributed by atoms with Crippen molar-refractivity contribution in [3.8, 4) is 11.4 Å². The molecule has 1 aromatic heterocycles. The highest BCUT2D eigenvalue weighted by Crippen LogP contribution is 2.20. The number of aromatic nitrogens is 4. The van der Waals surface area contributed by atoms with Crippen molar-refractivity contribution in [2.75, 3.05) is 0 Å². The van der Waals surface area contributed by atoms with Gasteiger partial charge in [0.15, 0.2) is 0 Å². The maximum absolute atomic E-state index is 12.4. The molecule has 2 aromatic carbocycles. The van der Waals surface area contributed by atoms with Crippen molar-refractivity contribution in [1.82, 2.24) is 30.5 Å². The Morgan fingerprint density at radius 2 is 1.79 bits per heavy atom. The molecule has 0 bridgehead atoms. The first-order valence-corrected chi connectivity index (χ1v) is 10.6. The van der Waals surface area contributed by atoms with Gasteiger partial charge in [0, 0.05) is 5.56 Å². The minimum absolute atomic E-state index is 0.0649. The number of nitrogens with zero attached hydrogens (tertiary/aromatic N) is 4. The quantitative estimate of drug-likeness (QED) is 0.543. The lowest BCUT2D eigenvalue weighted by Gasteiger charge is -2.11. The zero-order chi connectivity index (χ0) is 20.9. The van der Waals surface area contributed by atoms with Crippen LogP contribution >= 0.6 is 0 Å². The zero-order valence-corrected chi connectivity index (χ0v) is 16.9. The Balaban J connectivity index is 1.58. The third kappa shape index (κ3) is 5.24. The van der Waals surface area contributed by atoms with Crippen LogP contribution < -0.4 is 10.3 Å². The normalized spacial score (nSPS) is 12.5. The lowest BCUT2D eigenvalue weighted by molar-refractivity contribution is -0.122. The average Bonchev–Trinajstić information content (AvgIpc) is 3.21. The van der Waals surface area contributed by atoms with Crippen molar-refractivity contribution in [1.29, 1.82) is 0 Å². The maximum atomic E-state index is 12.4. The van der Waals surface area contributed by atoms with Gasteiger partial charge >= 0.3 is 0 Å². The molecule has 0 saturated carbocycles. The molecule has 29 heavy (non-hydrogen) atoms. The summed E-state index contributed by atoms with van der Waals surface area (Å²) in [6, 6.07) is 15.8. The lowest BCUT2D eigenvalue weighted by Crippen LogP contribution is -2.43. The molecule has 0 fully saturated rings. The van der Waals surface area contributed by atoms with Gasteiger partial charge in [-0.2, -0.15) is 4.80 Å². The van der Waals surface area contributed by atoms with Crippen LogP contribution in [0.5, 0.6) is 0 Å². The van der Waals surface area contributed by atoms with E-state index in [0.29, 0.717) is 11.7 Å². The SMILES string of the molecule is CC[C@@H](C)c1ccc(S(=O)(=O)NNC(=O)Cn2nnc(-c3ccccc3)n2)cc1. The number of hydrogen-bond acceptors (Lipinski definition) is 6. The largest absolute Gasteiger partial charge is 0.276 e. The Kier molecular flexibility index (Phi) is 6.35. The number of carbonyl (C=O) groups is 1. The smallest absolute Gasteiger partial charge is 0.258 e. The van der Waals surface area contributed by atoms with E-state index >= 15 is 0 Å². The summed E-state index contributed by atoms with van der Waals surface area (Å²) < 4.78 is 24.7. The van der Waals surface area contributed by atoms with Crippen molar-refractivity contribution in [2.24, 2.45) is 0 Å². The highest BCUT2D eigenvalue weighted by molar-refractivity contribution is 7.89. The molecule has 3 aromatic rings. The number of benzene rings is 2. The number of carbonyl (C=O) groups excluding carboxylic acids is 1. The average molecular weight is 414 g/mol. The summed E-state index contributed by atoms with van der Waals surface area (Å²) in [4.78, 5) is 15.3. The first-order valence-electron chi connectivity index (χ1n) is 9.13. The van der Waals surface area contributed by atoms with Gasteiger partial charge < -0.3 is 0 Å². The number of sulfonamides is 1. The molecule has 10 heteroatoms. The molecule has 0 radical (unpaired) electrons. The molecule has 152 valence electrons. The molecular formula is C19H22N6O3S. The summed E-state index contributed by atoms with van der Waals surface area (Å²) >= 11 is 0. The van der Waals surface area contributed by atoms with Crippen LogP contribution in [0.2, 0.25) is 0 Å². The second kappa shape index (κ2) is 8.93. The van der Waals surface area contributed by atoms with Crippen LogP contribution in [0.1, 0.15) is 31.7 Å². The summed E-state index contributed by atoms with van der Waals surface area (Å²) in [6.45, 7) is 3.86. The van der Waals surface area contributed by atoms with Crippen molar-refractivity contribution < 1.29 is 13.2 Å². The van der Waals surface area contributed by atoms with E-state index in [9.17, 15) is 13.2 Å². The van der Waals surface area contributed by atoms with E-state index in [1.807, 2.05) is 30.3 Å². The van der Waals surface area contributed by atoms with Crippen LogP contribution in [-0.4, -0.2) is 34.5 Å². The lowest BCUT2D eigenvalue weighted by atomic mass is 9.99. The third-order valence-electron chi connectivity index (χ3n) is 4.47. The third-order valence-corrected chi connectivity index (χ3v) is 5.73. The first kappa shape index (κ1) is 20.6. The minimum atomic E-state index is -3.88. The van der Waals surface area contributed by atoms with E-state index in [2.05, 4.69) is 39.5 Å². The maximum Gasteiger partial charge on any atom is 0.258 e. The van der Waals surface area contributed by atoms with Crippen LogP contribution in [-0.2, 0) is 21.4 Å². The Morgan fingerprint density at radius 3 is 2.45 bits per heavy atom. The molecule has 0 saturated heterocycles. The fraction of sp³-hybridized carbons (Fsp3) is 0.263. The van der Waals surface area contributed by atoms with Crippen molar-refractivity contribution >= 4 is 15.9 Å². The van der Waals surface area contributed by atoms with E-state index in [0.717, 1.165) is 22.3 Å². The topological polar surface area (TPSA) is 119 Å². The molecular weight excluding hydrogens is 392 g/mol. The monoisotopic (exact) mass is 414 g/mol. The fourth-order valence-electron chi connectivity index (χ4n) is 2.58. The van der Waals surface area contributed by atoms with Gasteiger partial charge in [0.05, 0.1) is 4.90 Å². The van der Waals surface area contributed by atoms with Crippen LogP contribution in [0.4, 0.5) is 0 Å². The molecule has 1 heterocycles. The predicted octanol–water partition coefficient (Wildman–Crippen LogP) is 1.86. The van der Waals surface area contributed by atoms with Crippen LogP contribution in [0.3, 0.4) is 0 Å². The number of nitrogens with one attached hydrogen (secondary N) is 2. The van der Waals surface area contributed by atoms with E-state index in [1.54, 1.807) is 12.1 Å². The van der Waals surface area contributed by atoms with Crippen LogP contribution in [0.15, 0.2) is 59.5 Å². The number of hydrogen-bond donors (Lipinski definition) is 2. The molecule has 0 aliphatic heterocycles. The van der Waals surface area contributed by atoms with Gasteiger partial charge in [0.1, 0.15) is 6.54 Å². The molecule has 0 aliphatic carbocycles. The minimum Gasteiger partial charge on any atom is -0.276 e. The van der Waals surface area contributed by atoms with E-state index in [1.165, 1.54) is 12.1 Å². The Morgan fingerprint density at radius 1 is 1.10 bits per heavy atom. The molecule has 1 amide bonds. The molecule has 2 N–H and O–H groups in total. The summed E-state index contributed by atoms with van der Waals surface area (Å²) in [5.74, 6) is 0.0950. The molecule has 3 rings (SSSR count). The van der Waals surface area contributed by atoms with Gasteiger partial charge in [-0.3, -0.25) is 10.2 Å². The molecule has 9 nitrogen and oxygen atoms in total. The van der Waals surface area contributed by atoms with E-state index in [-0.39, 0.29) is 11.4 Å². The van der Waals surface area contributed by atoms with Gasteiger partial charge in [-0.25, -0.2) is 8.42 Å². The second-order valence-electron chi connectivity index (χ2n) is 6.54. The number of hydrazine groups is 1. The first-order chi connectivity index (χ1) is 13.9. The number of amides is 1. The number of rotatable bonds is 8. The van der Waals surface area contributed by atoms with Crippen LogP contribution in [0.25, 0.3) is 11.4 Å².